The Morgan fingerprint density at radius 3 is 2.77 bits per heavy atom. The van der Waals surface area contributed by atoms with E-state index in [9.17, 15) is 0 Å². The zero-order valence-corrected chi connectivity index (χ0v) is 8.64. The molecule has 0 bridgehead atoms. The zero-order valence-electron chi connectivity index (χ0n) is 8.64. The van der Waals surface area contributed by atoms with Crippen LogP contribution in [0.1, 0.15) is 39.0 Å². The number of nitrogens with one attached hydrogen (secondary N) is 1. The summed E-state index contributed by atoms with van der Waals surface area (Å²) in [6.45, 7) is 5.68. The largest absolute Gasteiger partial charge is 0.378 e. The summed E-state index contributed by atoms with van der Waals surface area (Å²) in [5.74, 6) is 0. The molecule has 1 atom stereocenters. The van der Waals surface area contributed by atoms with Gasteiger partial charge in [-0.25, -0.2) is 0 Å². The molecular weight excluding hydrogens is 162 g/mol. The second kappa shape index (κ2) is 3.97. The summed E-state index contributed by atoms with van der Waals surface area (Å²) in [5, 5.41) is 3.45. The number of piperidine rings is 1. The topological polar surface area (TPSA) is 21.3 Å². The van der Waals surface area contributed by atoms with Gasteiger partial charge in [0.1, 0.15) is 0 Å². The Morgan fingerprint density at radius 1 is 1.31 bits per heavy atom. The van der Waals surface area contributed by atoms with Gasteiger partial charge in [-0.1, -0.05) is 6.92 Å². The van der Waals surface area contributed by atoms with Gasteiger partial charge in [-0.05, 0) is 50.6 Å². The van der Waals surface area contributed by atoms with Crippen LogP contribution in [-0.2, 0) is 4.74 Å². The standard InChI is InChI=1S/C11H21NO/c1-2-10-9-11(5-8-13-10)3-6-12-7-4-11/h10,12H,2-9H2,1H3. The Labute approximate surface area is 81.0 Å². The summed E-state index contributed by atoms with van der Waals surface area (Å²) in [4.78, 5) is 0. The van der Waals surface area contributed by atoms with E-state index in [-0.39, 0.29) is 0 Å². The van der Waals surface area contributed by atoms with Crippen LogP contribution in [0.5, 0.6) is 0 Å². The van der Waals surface area contributed by atoms with Crippen molar-refractivity contribution in [2.24, 2.45) is 5.41 Å². The lowest BCUT2D eigenvalue weighted by molar-refractivity contribution is -0.0603. The van der Waals surface area contributed by atoms with Crippen LogP contribution < -0.4 is 5.32 Å². The summed E-state index contributed by atoms with van der Waals surface area (Å²) in [6, 6.07) is 0. The van der Waals surface area contributed by atoms with Crippen molar-refractivity contribution in [1.82, 2.24) is 5.32 Å². The lowest BCUT2D eigenvalue weighted by atomic mass is 9.71. The van der Waals surface area contributed by atoms with Crippen molar-refractivity contribution in [3.63, 3.8) is 0 Å². The average molecular weight is 183 g/mol. The van der Waals surface area contributed by atoms with Crippen molar-refractivity contribution in [2.45, 2.75) is 45.1 Å². The monoisotopic (exact) mass is 183 g/mol. The molecule has 0 aromatic carbocycles. The number of ether oxygens (including phenoxy) is 1. The Hall–Kier alpha value is -0.0800. The molecule has 2 aliphatic heterocycles. The highest BCUT2D eigenvalue weighted by Gasteiger charge is 2.36. The van der Waals surface area contributed by atoms with Gasteiger partial charge in [0.15, 0.2) is 0 Å². The number of hydrogen-bond donors (Lipinski definition) is 1. The van der Waals surface area contributed by atoms with Crippen molar-refractivity contribution >= 4 is 0 Å². The van der Waals surface area contributed by atoms with E-state index in [4.69, 9.17) is 4.74 Å². The van der Waals surface area contributed by atoms with Crippen molar-refractivity contribution in [3.05, 3.63) is 0 Å². The molecule has 0 aromatic heterocycles. The SMILES string of the molecule is CCC1CC2(CCNCC2)CCO1. The first-order chi connectivity index (χ1) is 6.35. The molecule has 2 aliphatic rings. The number of rotatable bonds is 1. The highest BCUT2D eigenvalue weighted by Crippen LogP contribution is 2.41. The second-order valence-corrected chi connectivity index (χ2v) is 4.61. The lowest BCUT2D eigenvalue weighted by Gasteiger charge is -2.43. The molecule has 2 nitrogen and oxygen atoms in total. The molecule has 2 heteroatoms. The highest BCUT2D eigenvalue weighted by atomic mass is 16.5. The fraction of sp³-hybridized carbons (Fsp3) is 1.00. The molecule has 2 saturated heterocycles. The Kier molecular flexibility index (Phi) is 2.89. The van der Waals surface area contributed by atoms with Gasteiger partial charge in [0.05, 0.1) is 6.10 Å². The molecule has 2 rings (SSSR count). The van der Waals surface area contributed by atoms with E-state index in [0.717, 1.165) is 6.61 Å². The number of hydrogen-bond acceptors (Lipinski definition) is 2. The minimum absolute atomic E-state index is 0.548. The fourth-order valence-electron chi connectivity index (χ4n) is 2.76. The predicted octanol–water partition coefficient (Wildman–Crippen LogP) is 1.95. The van der Waals surface area contributed by atoms with E-state index in [1.54, 1.807) is 0 Å². The van der Waals surface area contributed by atoms with Crippen molar-refractivity contribution in [1.29, 1.82) is 0 Å². The summed E-state index contributed by atoms with van der Waals surface area (Å²) >= 11 is 0. The van der Waals surface area contributed by atoms with E-state index >= 15 is 0 Å². The third-order valence-corrected chi connectivity index (χ3v) is 3.77. The van der Waals surface area contributed by atoms with Crippen LogP contribution >= 0.6 is 0 Å². The predicted molar refractivity (Wildman–Crippen MR) is 53.8 cm³/mol. The molecule has 0 saturated carbocycles. The van der Waals surface area contributed by atoms with E-state index < -0.39 is 0 Å². The fourth-order valence-corrected chi connectivity index (χ4v) is 2.76. The minimum Gasteiger partial charge on any atom is -0.378 e. The summed E-state index contributed by atoms with van der Waals surface area (Å²) in [7, 11) is 0. The van der Waals surface area contributed by atoms with E-state index in [1.165, 1.54) is 45.2 Å². The quantitative estimate of drug-likeness (QED) is 0.671. The zero-order chi connectivity index (χ0) is 9.15. The van der Waals surface area contributed by atoms with Gasteiger partial charge in [0.25, 0.3) is 0 Å². The third kappa shape index (κ3) is 2.05. The summed E-state index contributed by atoms with van der Waals surface area (Å²) in [6.07, 6.45) is 7.08. The molecular formula is C11H21NO. The maximum atomic E-state index is 5.73. The first-order valence-electron chi connectivity index (χ1n) is 5.67. The summed E-state index contributed by atoms with van der Waals surface area (Å²) in [5.41, 5.74) is 0.643. The molecule has 2 heterocycles. The van der Waals surface area contributed by atoms with Crippen LogP contribution in [0.3, 0.4) is 0 Å². The molecule has 1 spiro atoms. The van der Waals surface area contributed by atoms with Gasteiger partial charge in [-0.3, -0.25) is 0 Å². The van der Waals surface area contributed by atoms with Crippen LogP contribution in [0.25, 0.3) is 0 Å². The van der Waals surface area contributed by atoms with Gasteiger partial charge in [-0.2, -0.15) is 0 Å². The van der Waals surface area contributed by atoms with Gasteiger partial charge >= 0.3 is 0 Å². The van der Waals surface area contributed by atoms with Crippen LogP contribution in [0.4, 0.5) is 0 Å². The minimum atomic E-state index is 0.548. The van der Waals surface area contributed by atoms with Crippen LogP contribution in [0, 0.1) is 5.41 Å². The Morgan fingerprint density at radius 2 is 2.08 bits per heavy atom. The molecule has 1 unspecified atom stereocenters. The third-order valence-electron chi connectivity index (χ3n) is 3.77. The second-order valence-electron chi connectivity index (χ2n) is 4.61. The normalized spacial score (nSPS) is 33.5. The molecule has 0 radical (unpaired) electrons. The van der Waals surface area contributed by atoms with Crippen molar-refractivity contribution in [3.8, 4) is 0 Å². The molecule has 0 aliphatic carbocycles. The first-order valence-corrected chi connectivity index (χ1v) is 5.67. The molecule has 0 amide bonds. The molecule has 13 heavy (non-hydrogen) atoms. The average Bonchev–Trinajstić information content (AvgIpc) is 2.19. The smallest absolute Gasteiger partial charge is 0.0577 e. The Bertz CT molecular complexity index is 158. The molecule has 2 fully saturated rings. The molecule has 1 N–H and O–H groups in total. The molecule has 0 aromatic rings. The summed E-state index contributed by atoms with van der Waals surface area (Å²) < 4.78 is 5.73. The van der Waals surface area contributed by atoms with Gasteiger partial charge in [-0.15, -0.1) is 0 Å². The van der Waals surface area contributed by atoms with E-state index in [0.29, 0.717) is 11.5 Å². The van der Waals surface area contributed by atoms with E-state index in [2.05, 4.69) is 12.2 Å². The maximum Gasteiger partial charge on any atom is 0.0577 e. The maximum absolute atomic E-state index is 5.73. The van der Waals surface area contributed by atoms with Crippen molar-refractivity contribution < 1.29 is 4.74 Å². The van der Waals surface area contributed by atoms with Crippen molar-refractivity contribution in [2.75, 3.05) is 19.7 Å². The Balaban J connectivity index is 1.95. The molecule has 76 valence electrons. The van der Waals surface area contributed by atoms with Gasteiger partial charge in [0.2, 0.25) is 0 Å². The van der Waals surface area contributed by atoms with Gasteiger partial charge in [0, 0.05) is 6.61 Å². The van der Waals surface area contributed by atoms with Crippen LogP contribution in [-0.4, -0.2) is 25.8 Å². The first kappa shape index (κ1) is 9.47. The lowest BCUT2D eigenvalue weighted by Crippen LogP contribution is -2.43. The van der Waals surface area contributed by atoms with E-state index in [1.807, 2.05) is 0 Å². The van der Waals surface area contributed by atoms with Crippen LogP contribution in [0.15, 0.2) is 0 Å². The van der Waals surface area contributed by atoms with Gasteiger partial charge < -0.3 is 10.1 Å². The highest BCUT2D eigenvalue weighted by molar-refractivity contribution is 4.89. The van der Waals surface area contributed by atoms with Crippen LogP contribution in [0.2, 0.25) is 0 Å².